The molecule has 0 saturated heterocycles. The lowest BCUT2D eigenvalue weighted by molar-refractivity contribution is 0.184. The Labute approximate surface area is 114 Å². The van der Waals surface area contributed by atoms with Crippen LogP contribution in [-0.2, 0) is 6.42 Å². The number of hydrogen-bond donors (Lipinski definition) is 1. The van der Waals surface area contributed by atoms with Gasteiger partial charge in [0.2, 0.25) is 0 Å². The smallest absolute Gasteiger partial charge is 0.122 e. The molecule has 0 radical (unpaired) electrons. The first-order valence-corrected chi connectivity index (χ1v) is 6.72. The van der Waals surface area contributed by atoms with Crippen LogP contribution in [0.5, 0.6) is 5.75 Å². The van der Waals surface area contributed by atoms with Crippen molar-refractivity contribution in [2.75, 3.05) is 0 Å². The summed E-state index contributed by atoms with van der Waals surface area (Å²) < 4.78 is 6.13. The van der Waals surface area contributed by atoms with Gasteiger partial charge in [-0.25, -0.2) is 0 Å². The normalized spacial score (nSPS) is 21.2. The third-order valence-electron chi connectivity index (χ3n) is 3.84. The molecule has 2 aromatic rings. The fraction of sp³-hybridized carbons (Fsp3) is 0.294. The molecular formula is C17H19NO. The van der Waals surface area contributed by atoms with E-state index in [-0.39, 0.29) is 12.1 Å². The van der Waals surface area contributed by atoms with Crippen molar-refractivity contribution in [1.82, 2.24) is 0 Å². The van der Waals surface area contributed by atoms with Gasteiger partial charge in [0, 0.05) is 6.42 Å². The molecule has 0 bridgehead atoms. The lowest BCUT2D eigenvalue weighted by atomic mass is 10.1. The monoisotopic (exact) mass is 253 g/mol. The minimum atomic E-state index is -0.0306. The molecule has 2 atom stereocenters. The summed E-state index contributed by atoms with van der Waals surface area (Å²) in [5.41, 5.74) is 11.2. The van der Waals surface area contributed by atoms with Crippen LogP contribution >= 0.6 is 0 Å². The number of ether oxygens (including phenoxy) is 1. The Balaban J connectivity index is 1.83. The second-order valence-corrected chi connectivity index (χ2v) is 5.35. The molecule has 3 rings (SSSR count). The Kier molecular flexibility index (Phi) is 3.03. The molecule has 1 aliphatic rings. The molecular weight excluding hydrogens is 234 g/mol. The highest BCUT2D eigenvalue weighted by molar-refractivity contribution is 5.39. The number of hydrogen-bond acceptors (Lipinski definition) is 2. The highest BCUT2D eigenvalue weighted by Gasteiger charge is 2.31. The third-order valence-corrected chi connectivity index (χ3v) is 3.84. The SMILES string of the molecule is Cc1ccc(OC2Cc3ccccc3C2N)c(C)c1. The molecule has 19 heavy (non-hydrogen) atoms. The van der Waals surface area contributed by atoms with Crippen molar-refractivity contribution in [3.8, 4) is 5.75 Å². The average Bonchev–Trinajstić information content (AvgIpc) is 2.70. The molecule has 0 fully saturated rings. The molecule has 2 unspecified atom stereocenters. The van der Waals surface area contributed by atoms with Crippen LogP contribution in [0.25, 0.3) is 0 Å². The molecule has 0 aromatic heterocycles. The van der Waals surface area contributed by atoms with Crippen molar-refractivity contribution >= 4 is 0 Å². The average molecular weight is 253 g/mol. The van der Waals surface area contributed by atoms with Gasteiger partial charge in [-0.05, 0) is 36.6 Å². The van der Waals surface area contributed by atoms with E-state index in [4.69, 9.17) is 10.5 Å². The van der Waals surface area contributed by atoms with Gasteiger partial charge < -0.3 is 10.5 Å². The minimum absolute atomic E-state index is 0.0306. The van der Waals surface area contributed by atoms with E-state index in [1.165, 1.54) is 22.3 Å². The van der Waals surface area contributed by atoms with Gasteiger partial charge >= 0.3 is 0 Å². The van der Waals surface area contributed by atoms with Crippen molar-refractivity contribution in [3.05, 3.63) is 64.7 Å². The molecule has 1 aliphatic carbocycles. The van der Waals surface area contributed by atoms with Crippen molar-refractivity contribution in [2.24, 2.45) is 5.73 Å². The van der Waals surface area contributed by atoms with Gasteiger partial charge in [-0.2, -0.15) is 0 Å². The second kappa shape index (κ2) is 4.71. The molecule has 2 N–H and O–H groups in total. The van der Waals surface area contributed by atoms with E-state index in [1.54, 1.807) is 0 Å². The topological polar surface area (TPSA) is 35.2 Å². The number of benzene rings is 2. The van der Waals surface area contributed by atoms with Gasteiger partial charge in [0.05, 0.1) is 6.04 Å². The van der Waals surface area contributed by atoms with E-state index >= 15 is 0 Å². The summed E-state index contributed by atoms with van der Waals surface area (Å²) in [5, 5.41) is 0. The summed E-state index contributed by atoms with van der Waals surface area (Å²) in [6.07, 6.45) is 0.934. The van der Waals surface area contributed by atoms with E-state index in [1.807, 2.05) is 12.1 Å². The largest absolute Gasteiger partial charge is 0.488 e. The molecule has 0 heterocycles. The van der Waals surface area contributed by atoms with Crippen LogP contribution in [-0.4, -0.2) is 6.10 Å². The lowest BCUT2D eigenvalue weighted by Gasteiger charge is -2.20. The Morgan fingerprint density at radius 3 is 2.63 bits per heavy atom. The van der Waals surface area contributed by atoms with Crippen LogP contribution < -0.4 is 10.5 Å². The van der Waals surface area contributed by atoms with Crippen LogP contribution in [0.2, 0.25) is 0 Å². The first-order chi connectivity index (χ1) is 9.15. The van der Waals surface area contributed by atoms with Gasteiger partial charge in [0.1, 0.15) is 11.9 Å². The standard InChI is InChI=1S/C17H19NO/c1-11-7-8-15(12(2)9-11)19-16-10-13-5-3-4-6-14(13)17(16)18/h3-9,16-17H,10,18H2,1-2H3. The summed E-state index contributed by atoms with van der Waals surface area (Å²) in [7, 11) is 0. The first kappa shape index (κ1) is 12.2. The van der Waals surface area contributed by atoms with Gasteiger partial charge in [-0.15, -0.1) is 0 Å². The fourth-order valence-electron chi connectivity index (χ4n) is 2.80. The third kappa shape index (κ3) is 2.24. The zero-order valence-corrected chi connectivity index (χ0v) is 11.4. The van der Waals surface area contributed by atoms with Crippen LogP contribution in [0.1, 0.15) is 28.3 Å². The van der Waals surface area contributed by atoms with Gasteiger partial charge in [0.25, 0.3) is 0 Å². The van der Waals surface area contributed by atoms with E-state index in [2.05, 4.69) is 44.2 Å². The molecule has 0 spiro atoms. The predicted octanol–water partition coefficient (Wildman–Crippen LogP) is 3.31. The molecule has 2 heteroatoms. The van der Waals surface area contributed by atoms with Gasteiger partial charge in [-0.1, -0.05) is 42.0 Å². The molecule has 0 saturated carbocycles. The Morgan fingerprint density at radius 2 is 1.89 bits per heavy atom. The highest BCUT2D eigenvalue weighted by atomic mass is 16.5. The number of nitrogens with two attached hydrogens (primary N) is 1. The van der Waals surface area contributed by atoms with E-state index in [0.717, 1.165) is 12.2 Å². The Bertz CT molecular complexity index is 606. The summed E-state index contributed by atoms with van der Waals surface area (Å²) in [5.74, 6) is 0.943. The fourth-order valence-corrected chi connectivity index (χ4v) is 2.80. The van der Waals surface area contributed by atoms with Crippen molar-refractivity contribution in [2.45, 2.75) is 32.4 Å². The van der Waals surface area contributed by atoms with E-state index in [9.17, 15) is 0 Å². The quantitative estimate of drug-likeness (QED) is 0.891. The maximum absolute atomic E-state index is 6.29. The van der Waals surface area contributed by atoms with E-state index in [0.29, 0.717) is 0 Å². The van der Waals surface area contributed by atoms with E-state index < -0.39 is 0 Å². The van der Waals surface area contributed by atoms with Gasteiger partial charge in [-0.3, -0.25) is 0 Å². The number of aryl methyl sites for hydroxylation is 2. The summed E-state index contributed by atoms with van der Waals surface area (Å²) in [6.45, 7) is 4.17. The number of fused-ring (bicyclic) bond motifs is 1. The van der Waals surface area contributed by atoms with Gasteiger partial charge in [0.15, 0.2) is 0 Å². The Morgan fingerprint density at radius 1 is 1.11 bits per heavy atom. The maximum Gasteiger partial charge on any atom is 0.122 e. The minimum Gasteiger partial charge on any atom is -0.488 e. The highest BCUT2D eigenvalue weighted by Crippen LogP contribution is 2.33. The molecule has 0 amide bonds. The first-order valence-electron chi connectivity index (χ1n) is 6.72. The zero-order chi connectivity index (χ0) is 13.4. The zero-order valence-electron chi connectivity index (χ0n) is 11.4. The van der Waals surface area contributed by atoms with Crippen molar-refractivity contribution in [1.29, 1.82) is 0 Å². The summed E-state index contributed by atoms with van der Waals surface area (Å²) in [4.78, 5) is 0. The molecule has 0 aliphatic heterocycles. The van der Waals surface area contributed by atoms with Crippen molar-refractivity contribution < 1.29 is 4.74 Å². The summed E-state index contributed by atoms with van der Waals surface area (Å²) >= 11 is 0. The summed E-state index contributed by atoms with van der Waals surface area (Å²) in [6, 6.07) is 14.6. The van der Waals surface area contributed by atoms with Crippen LogP contribution in [0.3, 0.4) is 0 Å². The lowest BCUT2D eigenvalue weighted by Crippen LogP contribution is -2.28. The van der Waals surface area contributed by atoms with Crippen LogP contribution in [0.4, 0.5) is 0 Å². The second-order valence-electron chi connectivity index (χ2n) is 5.35. The number of rotatable bonds is 2. The van der Waals surface area contributed by atoms with Crippen LogP contribution in [0.15, 0.2) is 42.5 Å². The Hall–Kier alpha value is -1.80. The molecule has 98 valence electrons. The van der Waals surface area contributed by atoms with Crippen LogP contribution in [0, 0.1) is 13.8 Å². The molecule has 2 nitrogen and oxygen atoms in total. The van der Waals surface area contributed by atoms with Crippen molar-refractivity contribution in [3.63, 3.8) is 0 Å². The predicted molar refractivity (Wildman–Crippen MR) is 77.4 cm³/mol. The maximum atomic E-state index is 6.29. The molecule has 2 aromatic carbocycles.